The molecule has 0 aliphatic carbocycles. The molecule has 0 bridgehead atoms. The number of carbonyl (C=O) groups is 2. The summed E-state index contributed by atoms with van der Waals surface area (Å²) in [6, 6.07) is 3.43. The monoisotopic (exact) mass is 277 g/mol. The molecule has 0 radical (unpaired) electrons. The van der Waals surface area contributed by atoms with Crippen molar-refractivity contribution in [2.45, 2.75) is 0 Å². The van der Waals surface area contributed by atoms with Crippen molar-refractivity contribution in [1.29, 1.82) is 0 Å². The van der Waals surface area contributed by atoms with Crippen molar-refractivity contribution in [3.8, 4) is 5.75 Å². The first-order valence-electron chi connectivity index (χ1n) is 4.69. The molecule has 0 aliphatic rings. The van der Waals surface area contributed by atoms with Crippen LogP contribution >= 0.6 is 11.6 Å². The average molecular weight is 278 g/mol. The van der Waals surface area contributed by atoms with Crippen molar-refractivity contribution >= 4 is 23.5 Å². The van der Waals surface area contributed by atoms with Crippen molar-refractivity contribution in [2.24, 2.45) is 0 Å². The van der Waals surface area contributed by atoms with E-state index in [1.54, 1.807) is 0 Å². The summed E-state index contributed by atoms with van der Waals surface area (Å²) in [6.45, 7) is -1.10. The molecule has 0 fully saturated rings. The van der Waals surface area contributed by atoms with E-state index in [4.69, 9.17) is 21.4 Å². The molecule has 1 aromatic carbocycles. The van der Waals surface area contributed by atoms with Gasteiger partial charge in [-0.3, -0.25) is 9.63 Å². The van der Waals surface area contributed by atoms with E-state index in [0.717, 1.165) is 12.1 Å². The highest BCUT2D eigenvalue weighted by Gasteiger charge is 2.07. The highest BCUT2D eigenvalue weighted by Crippen LogP contribution is 2.24. The van der Waals surface area contributed by atoms with E-state index in [-0.39, 0.29) is 10.8 Å². The Morgan fingerprint density at radius 2 is 2.11 bits per heavy atom. The van der Waals surface area contributed by atoms with Crippen LogP contribution in [0.2, 0.25) is 5.02 Å². The van der Waals surface area contributed by atoms with E-state index in [1.165, 1.54) is 6.07 Å². The van der Waals surface area contributed by atoms with Gasteiger partial charge in [0, 0.05) is 0 Å². The van der Waals surface area contributed by atoms with Gasteiger partial charge in [0.2, 0.25) is 0 Å². The second-order valence-corrected chi connectivity index (χ2v) is 3.48. The molecule has 98 valence electrons. The van der Waals surface area contributed by atoms with Crippen LogP contribution in [-0.4, -0.2) is 30.2 Å². The molecule has 0 aliphatic heterocycles. The third-order valence-electron chi connectivity index (χ3n) is 1.63. The molecule has 0 heterocycles. The molecule has 6 nitrogen and oxygen atoms in total. The van der Waals surface area contributed by atoms with Gasteiger partial charge in [0.1, 0.15) is 11.6 Å². The number of amides is 1. The third-order valence-corrected chi connectivity index (χ3v) is 1.93. The van der Waals surface area contributed by atoms with Crippen molar-refractivity contribution in [3.05, 3.63) is 29.0 Å². The molecule has 2 N–H and O–H groups in total. The largest absolute Gasteiger partial charge is 0.482 e. The van der Waals surface area contributed by atoms with Crippen molar-refractivity contribution in [1.82, 2.24) is 5.48 Å². The minimum atomic E-state index is -1.22. The van der Waals surface area contributed by atoms with Crippen LogP contribution in [0.4, 0.5) is 4.39 Å². The number of hydrogen-bond donors (Lipinski definition) is 2. The molecule has 0 saturated heterocycles. The number of nitrogens with one attached hydrogen (secondary N) is 1. The van der Waals surface area contributed by atoms with Gasteiger partial charge in [-0.2, -0.15) is 0 Å². The van der Waals surface area contributed by atoms with Crippen LogP contribution in [0.1, 0.15) is 0 Å². The fraction of sp³-hybridized carbons (Fsp3) is 0.200. The van der Waals surface area contributed by atoms with Crippen molar-refractivity contribution in [2.75, 3.05) is 13.2 Å². The van der Waals surface area contributed by atoms with E-state index in [0.29, 0.717) is 0 Å². The van der Waals surface area contributed by atoms with E-state index in [2.05, 4.69) is 4.84 Å². The van der Waals surface area contributed by atoms with Crippen LogP contribution in [0.15, 0.2) is 18.2 Å². The zero-order chi connectivity index (χ0) is 13.5. The predicted octanol–water partition coefficient (Wildman–Crippen LogP) is 0.990. The summed E-state index contributed by atoms with van der Waals surface area (Å²) in [4.78, 5) is 25.5. The van der Waals surface area contributed by atoms with E-state index in [9.17, 15) is 14.0 Å². The minimum absolute atomic E-state index is 0.0225. The Morgan fingerprint density at radius 1 is 1.39 bits per heavy atom. The van der Waals surface area contributed by atoms with Gasteiger partial charge in [0.05, 0.1) is 5.02 Å². The van der Waals surface area contributed by atoms with Crippen LogP contribution in [0.25, 0.3) is 0 Å². The maximum absolute atomic E-state index is 12.7. The molecule has 8 heteroatoms. The van der Waals surface area contributed by atoms with Crippen LogP contribution in [-0.2, 0) is 14.4 Å². The molecule has 0 spiro atoms. The van der Waals surface area contributed by atoms with Crippen LogP contribution in [0, 0.1) is 5.82 Å². The molecule has 1 rings (SSSR count). The van der Waals surface area contributed by atoms with Gasteiger partial charge < -0.3 is 9.84 Å². The molecular weight excluding hydrogens is 269 g/mol. The van der Waals surface area contributed by atoms with E-state index < -0.39 is 30.9 Å². The Morgan fingerprint density at radius 3 is 2.72 bits per heavy atom. The van der Waals surface area contributed by atoms with Crippen LogP contribution in [0.5, 0.6) is 5.75 Å². The number of rotatable bonds is 6. The van der Waals surface area contributed by atoms with Gasteiger partial charge in [0.15, 0.2) is 13.2 Å². The topological polar surface area (TPSA) is 84.9 Å². The van der Waals surface area contributed by atoms with Crippen molar-refractivity contribution in [3.63, 3.8) is 0 Å². The maximum Gasteiger partial charge on any atom is 0.332 e. The van der Waals surface area contributed by atoms with Gasteiger partial charge in [-0.05, 0) is 18.2 Å². The number of aliphatic carboxylic acids is 1. The lowest BCUT2D eigenvalue weighted by Crippen LogP contribution is -2.31. The fourth-order valence-electron chi connectivity index (χ4n) is 0.943. The first-order valence-corrected chi connectivity index (χ1v) is 5.07. The Labute approximate surface area is 106 Å². The zero-order valence-electron chi connectivity index (χ0n) is 8.98. The summed E-state index contributed by atoms with van der Waals surface area (Å²) < 4.78 is 17.7. The number of carbonyl (C=O) groups excluding carboxylic acids is 1. The Hall–Kier alpha value is -1.86. The molecule has 0 atom stereocenters. The van der Waals surface area contributed by atoms with Crippen LogP contribution < -0.4 is 10.2 Å². The highest BCUT2D eigenvalue weighted by molar-refractivity contribution is 6.32. The average Bonchev–Trinajstić information content (AvgIpc) is 2.27. The van der Waals surface area contributed by atoms with Gasteiger partial charge in [-0.1, -0.05) is 11.6 Å². The first kappa shape index (κ1) is 14.2. The standard InChI is InChI=1S/C10H9ClFNO5/c11-7-3-6(12)1-2-8(7)17-4-9(14)13-18-5-10(15)16/h1-3H,4-5H2,(H,13,14)(H,15,16). The second kappa shape index (κ2) is 6.77. The lowest BCUT2D eigenvalue weighted by molar-refractivity contribution is -0.149. The number of hydroxylamine groups is 1. The lowest BCUT2D eigenvalue weighted by atomic mass is 10.3. The summed E-state index contributed by atoms with van der Waals surface area (Å²) in [5.41, 5.74) is 1.85. The first-order chi connectivity index (χ1) is 8.49. The Balaban J connectivity index is 2.36. The molecule has 0 aromatic heterocycles. The summed E-state index contributed by atoms with van der Waals surface area (Å²) in [6.07, 6.45) is 0. The van der Waals surface area contributed by atoms with Gasteiger partial charge in [-0.15, -0.1) is 0 Å². The number of carboxylic acids is 1. The fourth-order valence-corrected chi connectivity index (χ4v) is 1.17. The van der Waals surface area contributed by atoms with Gasteiger partial charge in [-0.25, -0.2) is 14.7 Å². The molecule has 1 amide bonds. The van der Waals surface area contributed by atoms with Gasteiger partial charge >= 0.3 is 5.97 Å². The molecule has 0 unspecified atom stereocenters. The number of benzene rings is 1. The van der Waals surface area contributed by atoms with Crippen molar-refractivity contribution < 1.29 is 28.7 Å². The number of carboxylic acid groups (broad SMARTS) is 1. The number of ether oxygens (including phenoxy) is 1. The Bertz CT molecular complexity index is 454. The van der Waals surface area contributed by atoms with Crippen LogP contribution in [0.3, 0.4) is 0 Å². The molecular formula is C10H9ClFNO5. The quantitative estimate of drug-likeness (QED) is 0.758. The summed E-state index contributed by atoms with van der Waals surface area (Å²) in [5.74, 6) is -2.32. The molecule has 0 saturated carbocycles. The maximum atomic E-state index is 12.7. The number of halogens is 2. The van der Waals surface area contributed by atoms with Gasteiger partial charge in [0.25, 0.3) is 5.91 Å². The SMILES string of the molecule is O=C(O)CONC(=O)COc1ccc(F)cc1Cl. The minimum Gasteiger partial charge on any atom is -0.482 e. The summed E-state index contributed by atoms with van der Waals surface area (Å²) in [7, 11) is 0. The van der Waals surface area contributed by atoms with E-state index in [1.807, 2.05) is 5.48 Å². The predicted molar refractivity (Wildman–Crippen MR) is 58.6 cm³/mol. The molecule has 18 heavy (non-hydrogen) atoms. The summed E-state index contributed by atoms with van der Waals surface area (Å²) in [5, 5.41) is 8.26. The normalized spacial score (nSPS) is 9.89. The third kappa shape index (κ3) is 4.98. The highest BCUT2D eigenvalue weighted by atomic mass is 35.5. The summed E-state index contributed by atoms with van der Waals surface area (Å²) >= 11 is 5.65. The second-order valence-electron chi connectivity index (χ2n) is 3.07. The zero-order valence-corrected chi connectivity index (χ0v) is 9.74. The molecule has 1 aromatic rings. The lowest BCUT2D eigenvalue weighted by Gasteiger charge is -2.08. The smallest absolute Gasteiger partial charge is 0.332 e. The van der Waals surface area contributed by atoms with E-state index >= 15 is 0 Å². The number of hydrogen-bond acceptors (Lipinski definition) is 4. The Kier molecular flexibility index (Phi) is 5.34.